The van der Waals surface area contributed by atoms with Crippen molar-refractivity contribution >= 4 is 17.3 Å². The standard InChI is InChI=1S/C15H17N3/c16-14-9-5-10-15(17-14)18-11-4-3-7-12-6-1-2-8-13(12)18/h1-2,5-6,8-10H,3-4,7,11H2,(H2,16,17). The van der Waals surface area contributed by atoms with Crippen molar-refractivity contribution in [3.05, 3.63) is 48.0 Å². The summed E-state index contributed by atoms with van der Waals surface area (Å²) in [6.45, 7) is 1.01. The number of nitrogens with two attached hydrogens (primary N) is 1. The maximum atomic E-state index is 5.79. The van der Waals surface area contributed by atoms with Gasteiger partial charge in [0.25, 0.3) is 0 Å². The minimum Gasteiger partial charge on any atom is -0.384 e. The molecule has 0 radical (unpaired) electrons. The SMILES string of the molecule is Nc1cccc(N2CCCCc3ccccc32)n1. The Morgan fingerprint density at radius 1 is 1.00 bits per heavy atom. The van der Waals surface area contributed by atoms with Gasteiger partial charge >= 0.3 is 0 Å². The lowest BCUT2D eigenvalue weighted by atomic mass is 10.1. The molecule has 0 atom stereocenters. The van der Waals surface area contributed by atoms with Crippen molar-refractivity contribution in [1.82, 2.24) is 4.98 Å². The van der Waals surface area contributed by atoms with Crippen molar-refractivity contribution in [1.29, 1.82) is 0 Å². The summed E-state index contributed by atoms with van der Waals surface area (Å²) in [5.41, 5.74) is 8.46. The van der Waals surface area contributed by atoms with Crippen molar-refractivity contribution in [2.75, 3.05) is 17.2 Å². The monoisotopic (exact) mass is 239 g/mol. The third kappa shape index (κ3) is 2.04. The molecule has 3 rings (SSSR count). The maximum Gasteiger partial charge on any atom is 0.135 e. The van der Waals surface area contributed by atoms with Crippen molar-refractivity contribution in [2.45, 2.75) is 19.3 Å². The van der Waals surface area contributed by atoms with Crippen molar-refractivity contribution < 1.29 is 0 Å². The van der Waals surface area contributed by atoms with Gasteiger partial charge in [0.1, 0.15) is 11.6 Å². The molecule has 92 valence electrons. The summed E-state index contributed by atoms with van der Waals surface area (Å²) in [6.07, 6.45) is 3.57. The molecule has 18 heavy (non-hydrogen) atoms. The van der Waals surface area contributed by atoms with Crippen LogP contribution in [0.25, 0.3) is 0 Å². The van der Waals surface area contributed by atoms with E-state index >= 15 is 0 Å². The molecule has 1 aliphatic heterocycles. The number of rotatable bonds is 1. The number of pyridine rings is 1. The minimum atomic E-state index is 0.578. The average molecular weight is 239 g/mol. The van der Waals surface area contributed by atoms with E-state index in [1.807, 2.05) is 18.2 Å². The van der Waals surface area contributed by atoms with E-state index in [9.17, 15) is 0 Å². The number of hydrogen-bond acceptors (Lipinski definition) is 3. The van der Waals surface area contributed by atoms with E-state index < -0.39 is 0 Å². The van der Waals surface area contributed by atoms with Crippen LogP contribution in [-0.2, 0) is 6.42 Å². The summed E-state index contributed by atoms with van der Waals surface area (Å²) in [5, 5.41) is 0. The molecule has 0 unspecified atom stereocenters. The highest BCUT2D eigenvalue weighted by Crippen LogP contribution is 2.31. The van der Waals surface area contributed by atoms with Crippen LogP contribution >= 0.6 is 0 Å². The molecule has 2 aromatic rings. The van der Waals surface area contributed by atoms with Crippen LogP contribution < -0.4 is 10.6 Å². The molecule has 2 heterocycles. The first-order valence-corrected chi connectivity index (χ1v) is 6.42. The number of benzene rings is 1. The largest absolute Gasteiger partial charge is 0.384 e. The molecular formula is C15H17N3. The van der Waals surface area contributed by atoms with Crippen LogP contribution in [0, 0.1) is 0 Å². The summed E-state index contributed by atoms with van der Waals surface area (Å²) in [5.74, 6) is 1.53. The lowest BCUT2D eigenvalue weighted by Gasteiger charge is -2.24. The van der Waals surface area contributed by atoms with Crippen LogP contribution in [0.15, 0.2) is 42.5 Å². The van der Waals surface area contributed by atoms with Crippen LogP contribution in [0.5, 0.6) is 0 Å². The van der Waals surface area contributed by atoms with Crippen LogP contribution in [0.4, 0.5) is 17.3 Å². The molecule has 0 spiro atoms. The Kier molecular flexibility index (Phi) is 2.89. The molecule has 0 saturated heterocycles. The Balaban J connectivity index is 2.06. The summed E-state index contributed by atoms with van der Waals surface area (Å²) in [6, 6.07) is 14.4. The van der Waals surface area contributed by atoms with Gasteiger partial charge in [0.15, 0.2) is 0 Å². The topological polar surface area (TPSA) is 42.1 Å². The maximum absolute atomic E-state index is 5.79. The normalized spacial score (nSPS) is 15.0. The van der Waals surface area contributed by atoms with Gasteiger partial charge < -0.3 is 10.6 Å². The van der Waals surface area contributed by atoms with E-state index in [0.29, 0.717) is 5.82 Å². The smallest absolute Gasteiger partial charge is 0.135 e. The first kappa shape index (κ1) is 11.1. The third-order valence-electron chi connectivity index (χ3n) is 3.39. The number of aryl methyl sites for hydroxylation is 1. The zero-order valence-electron chi connectivity index (χ0n) is 10.3. The highest BCUT2D eigenvalue weighted by atomic mass is 15.2. The number of hydrogen-bond donors (Lipinski definition) is 1. The van der Waals surface area contributed by atoms with Gasteiger partial charge in [-0.15, -0.1) is 0 Å². The molecule has 0 aliphatic carbocycles. The zero-order chi connectivity index (χ0) is 12.4. The van der Waals surface area contributed by atoms with Gasteiger partial charge in [-0.2, -0.15) is 0 Å². The molecular weight excluding hydrogens is 222 g/mol. The summed E-state index contributed by atoms with van der Waals surface area (Å²) in [7, 11) is 0. The first-order chi connectivity index (χ1) is 8.84. The quantitative estimate of drug-likeness (QED) is 0.831. The molecule has 2 N–H and O–H groups in total. The summed E-state index contributed by atoms with van der Waals surface area (Å²) >= 11 is 0. The van der Waals surface area contributed by atoms with E-state index in [1.54, 1.807) is 0 Å². The van der Waals surface area contributed by atoms with E-state index in [0.717, 1.165) is 18.8 Å². The Morgan fingerprint density at radius 3 is 2.78 bits per heavy atom. The van der Waals surface area contributed by atoms with Crippen molar-refractivity contribution in [2.24, 2.45) is 0 Å². The van der Waals surface area contributed by atoms with Gasteiger partial charge in [-0.25, -0.2) is 4.98 Å². The fourth-order valence-corrected chi connectivity index (χ4v) is 2.52. The first-order valence-electron chi connectivity index (χ1n) is 6.42. The molecule has 3 nitrogen and oxygen atoms in total. The second-order valence-corrected chi connectivity index (χ2v) is 4.66. The van der Waals surface area contributed by atoms with Gasteiger partial charge in [0, 0.05) is 12.2 Å². The van der Waals surface area contributed by atoms with E-state index in [-0.39, 0.29) is 0 Å². The second kappa shape index (κ2) is 4.69. The predicted octanol–water partition coefficient (Wildman–Crippen LogP) is 3.14. The van der Waals surface area contributed by atoms with E-state index in [4.69, 9.17) is 5.73 Å². The summed E-state index contributed by atoms with van der Waals surface area (Å²) < 4.78 is 0. The molecule has 0 fully saturated rings. The van der Waals surface area contributed by atoms with Gasteiger partial charge in [0.05, 0.1) is 0 Å². The fraction of sp³-hybridized carbons (Fsp3) is 0.267. The van der Waals surface area contributed by atoms with Crippen LogP contribution in [0.1, 0.15) is 18.4 Å². The number of fused-ring (bicyclic) bond motifs is 1. The third-order valence-corrected chi connectivity index (χ3v) is 3.39. The molecule has 1 aromatic heterocycles. The van der Waals surface area contributed by atoms with Crippen LogP contribution in [-0.4, -0.2) is 11.5 Å². The highest BCUT2D eigenvalue weighted by Gasteiger charge is 2.17. The number of para-hydroxylation sites is 1. The Labute approximate surface area is 107 Å². The van der Waals surface area contributed by atoms with Gasteiger partial charge in [-0.3, -0.25) is 0 Å². The molecule has 0 saturated carbocycles. The van der Waals surface area contributed by atoms with Gasteiger partial charge in [0.2, 0.25) is 0 Å². The number of aromatic nitrogens is 1. The average Bonchev–Trinajstić information content (AvgIpc) is 2.61. The zero-order valence-corrected chi connectivity index (χ0v) is 10.3. The van der Waals surface area contributed by atoms with Crippen LogP contribution in [0.2, 0.25) is 0 Å². The molecule has 1 aliphatic rings. The predicted molar refractivity (Wildman–Crippen MR) is 75.0 cm³/mol. The van der Waals surface area contributed by atoms with Crippen molar-refractivity contribution in [3.8, 4) is 0 Å². The minimum absolute atomic E-state index is 0.578. The van der Waals surface area contributed by atoms with E-state index in [1.165, 1.54) is 24.1 Å². The van der Waals surface area contributed by atoms with Crippen molar-refractivity contribution in [3.63, 3.8) is 0 Å². The molecule has 1 aromatic carbocycles. The van der Waals surface area contributed by atoms with Gasteiger partial charge in [-0.1, -0.05) is 24.3 Å². The highest BCUT2D eigenvalue weighted by molar-refractivity contribution is 5.65. The van der Waals surface area contributed by atoms with E-state index in [2.05, 4.69) is 34.1 Å². The number of anilines is 3. The van der Waals surface area contributed by atoms with Gasteiger partial charge in [-0.05, 0) is 43.0 Å². The van der Waals surface area contributed by atoms with Crippen LogP contribution in [0.3, 0.4) is 0 Å². The number of nitrogen functional groups attached to an aromatic ring is 1. The molecule has 0 amide bonds. The number of nitrogens with zero attached hydrogens (tertiary/aromatic N) is 2. The lowest BCUT2D eigenvalue weighted by Crippen LogP contribution is -2.19. The fourth-order valence-electron chi connectivity index (χ4n) is 2.52. The Hall–Kier alpha value is -2.03. The molecule has 0 bridgehead atoms. The molecule has 3 heteroatoms. The Morgan fingerprint density at radius 2 is 1.89 bits per heavy atom. The second-order valence-electron chi connectivity index (χ2n) is 4.66. The Bertz CT molecular complexity index is 551. The lowest BCUT2D eigenvalue weighted by molar-refractivity contribution is 0.758. The summed E-state index contributed by atoms with van der Waals surface area (Å²) in [4.78, 5) is 6.72.